The lowest BCUT2D eigenvalue weighted by molar-refractivity contribution is 0.112. The van der Waals surface area contributed by atoms with E-state index in [9.17, 15) is 4.79 Å². The first-order valence-electron chi connectivity index (χ1n) is 3.02. The van der Waals surface area contributed by atoms with E-state index in [0.717, 1.165) is 11.7 Å². The second-order valence-electron chi connectivity index (χ2n) is 2.02. The molecule has 0 bridgehead atoms. The molecule has 0 saturated carbocycles. The van der Waals surface area contributed by atoms with Crippen LogP contribution in [0.3, 0.4) is 0 Å². The number of hydrogen-bond donors (Lipinski definition) is 1. The van der Waals surface area contributed by atoms with E-state index in [1.54, 1.807) is 24.3 Å². The van der Waals surface area contributed by atoms with Crippen molar-refractivity contribution in [3.63, 3.8) is 0 Å². The van der Waals surface area contributed by atoms with E-state index >= 15 is 0 Å². The van der Waals surface area contributed by atoms with E-state index in [0.29, 0.717) is 5.56 Å². The molecule has 0 fully saturated rings. The highest BCUT2D eigenvalue weighted by atomic mass is 16.2. The molecule has 1 aromatic rings. The molecule has 0 radical (unpaired) electrons. The third kappa shape index (κ3) is 1.45. The summed E-state index contributed by atoms with van der Waals surface area (Å²) in [7, 11) is -0.0122. The Morgan fingerprint density at radius 2 is 2.30 bits per heavy atom. The first-order chi connectivity index (χ1) is 4.86. The minimum Gasteiger partial charge on any atom is -0.449 e. The van der Waals surface area contributed by atoms with Crippen LogP contribution in [0.15, 0.2) is 24.3 Å². The lowest BCUT2D eigenvalue weighted by Gasteiger charge is -1.92. The van der Waals surface area contributed by atoms with Gasteiger partial charge < -0.3 is 5.02 Å². The quantitative estimate of drug-likeness (QED) is 0.436. The largest absolute Gasteiger partial charge is 0.449 e. The van der Waals surface area contributed by atoms with Crippen molar-refractivity contribution >= 4 is 19.2 Å². The third-order valence-corrected chi connectivity index (χ3v) is 1.27. The molecule has 1 N–H and O–H groups in total. The molecule has 0 aromatic heterocycles. The number of rotatable bonds is 2. The molecule has 2 nitrogen and oxygen atoms in total. The van der Waals surface area contributed by atoms with Gasteiger partial charge in [0.15, 0.2) is 0 Å². The van der Waals surface area contributed by atoms with Crippen LogP contribution in [0.1, 0.15) is 10.4 Å². The van der Waals surface area contributed by atoms with E-state index in [1.807, 2.05) is 0 Å². The average Bonchev–Trinajstić information content (AvgIpc) is 2.05. The van der Waals surface area contributed by atoms with E-state index in [4.69, 9.17) is 5.02 Å². The summed E-state index contributed by atoms with van der Waals surface area (Å²) < 4.78 is 0. The average molecular weight is 134 g/mol. The summed E-state index contributed by atoms with van der Waals surface area (Å²) in [6, 6.07) is 6.88. The van der Waals surface area contributed by atoms with Crippen molar-refractivity contribution < 1.29 is 9.82 Å². The van der Waals surface area contributed by atoms with E-state index in [1.165, 1.54) is 0 Å². The van der Waals surface area contributed by atoms with E-state index < -0.39 is 0 Å². The number of aldehydes is 1. The summed E-state index contributed by atoms with van der Waals surface area (Å²) in [5.41, 5.74) is 1.37. The van der Waals surface area contributed by atoms with Crippen LogP contribution in [0.25, 0.3) is 0 Å². The van der Waals surface area contributed by atoms with Crippen molar-refractivity contribution in [1.29, 1.82) is 0 Å². The van der Waals surface area contributed by atoms with Crippen molar-refractivity contribution in [3.05, 3.63) is 29.8 Å². The molecule has 0 heterocycles. The van der Waals surface area contributed by atoms with Gasteiger partial charge in [-0.3, -0.25) is 4.79 Å². The van der Waals surface area contributed by atoms with Crippen LogP contribution in [-0.4, -0.2) is 18.8 Å². The predicted octanol–water partition coefficient (Wildman–Crippen LogP) is -0.532. The van der Waals surface area contributed by atoms with Crippen molar-refractivity contribution in [2.75, 3.05) is 0 Å². The Balaban J connectivity index is 2.98. The van der Waals surface area contributed by atoms with Gasteiger partial charge in [-0.25, -0.2) is 0 Å². The molecule has 0 unspecified atom stereocenters. The highest BCUT2D eigenvalue weighted by molar-refractivity contribution is 6.45. The van der Waals surface area contributed by atoms with Crippen LogP contribution in [0.4, 0.5) is 0 Å². The molecule has 1 aromatic carbocycles. The Morgan fingerprint density at radius 3 is 2.90 bits per heavy atom. The SMILES string of the molecule is O=Cc1cccc(BO)c1. The van der Waals surface area contributed by atoms with Crippen molar-refractivity contribution in [1.82, 2.24) is 0 Å². The van der Waals surface area contributed by atoms with Crippen LogP contribution in [-0.2, 0) is 0 Å². The molecule has 0 aliphatic carbocycles. The first-order valence-corrected chi connectivity index (χ1v) is 3.02. The van der Waals surface area contributed by atoms with Gasteiger partial charge in [-0.2, -0.15) is 0 Å². The normalized spacial score (nSPS) is 8.90. The summed E-state index contributed by atoms with van der Waals surface area (Å²) in [5.74, 6) is 0. The maximum absolute atomic E-state index is 10.2. The molecule has 0 amide bonds. The number of hydrogen-bond acceptors (Lipinski definition) is 2. The summed E-state index contributed by atoms with van der Waals surface area (Å²) in [5, 5.41) is 8.64. The van der Waals surface area contributed by atoms with Gasteiger partial charge in [0, 0.05) is 5.56 Å². The van der Waals surface area contributed by atoms with E-state index in [-0.39, 0.29) is 7.48 Å². The summed E-state index contributed by atoms with van der Waals surface area (Å²) >= 11 is 0. The topological polar surface area (TPSA) is 37.3 Å². The monoisotopic (exact) mass is 134 g/mol. The molecular weight excluding hydrogens is 127 g/mol. The molecule has 0 atom stereocenters. The van der Waals surface area contributed by atoms with Gasteiger partial charge in [0.05, 0.1) is 0 Å². The summed E-state index contributed by atoms with van der Waals surface area (Å²) in [6.45, 7) is 0. The predicted molar refractivity (Wildman–Crippen MR) is 40.8 cm³/mol. The number of carbonyl (C=O) groups is 1. The molecule has 3 heteroatoms. The lowest BCUT2D eigenvalue weighted by Crippen LogP contribution is -2.13. The Hall–Kier alpha value is -1.09. The van der Waals surface area contributed by atoms with Crippen LogP contribution in [0.5, 0.6) is 0 Å². The highest BCUT2D eigenvalue weighted by Crippen LogP contribution is 1.90. The van der Waals surface area contributed by atoms with Crippen molar-refractivity contribution in [2.24, 2.45) is 0 Å². The molecular formula is C7H7BO2. The second-order valence-corrected chi connectivity index (χ2v) is 2.02. The molecule has 0 saturated heterocycles. The van der Waals surface area contributed by atoms with Crippen LogP contribution >= 0.6 is 0 Å². The second kappa shape index (κ2) is 3.18. The van der Waals surface area contributed by atoms with E-state index in [2.05, 4.69) is 0 Å². The Morgan fingerprint density at radius 1 is 1.50 bits per heavy atom. The molecule has 10 heavy (non-hydrogen) atoms. The highest BCUT2D eigenvalue weighted by Gasteiger charge is 1.92. The van der Waals surface area contributed by atoms with Gasteiger partial charge in [-0.1, -0.05) is 29.7 Å². The Kier molecular flexibility index (Phi) is 2.23. The smallest absolute Gasteiger partial charge is 0.304 e. The third-order valence-electron chi connectivity index (χ3n) is 1.27. The molecule has 0 aliphatic rings. The van der Waals surface area contributed by atoms with Gasteiger partial charge in [0.2, 0.25) is 0 Å². The fourth-order valence-corrected chi connectivity index (χ4v) is 0.765. The maximum Gasteiger partial charge on any atom is 0.304 e. The molecule has 1 rings (SSSR count). The fraction of sp³-hybridized carbons (Fsp3) is 0. The fourth-order valence-electron chi connectivity index (χ4n) is 0.765. The van der Waals surface area contributed by atoms with Gasteiger partial charge >= 0.3 is 7.48 Å². The van der Waals surface area contributed by atoms with Gasteiger partial charge in [-0.15, -0.1) is 0 Å². The molecule has 50 valence electrons. The van der Waals surface area contributed by atoms with Gasteiger partial charge in [0.1, 0.15) is 6.29 Å². The molecule has 0 aliphatic heterocycles. The Bertz CT molecular complexity index is 235. The minimum atomic E-state index is -0.0122. The van der Waals surface area contributed by atoms with Crippen LogP contribution < -0.4 is 5.46 Å². The summed E-state index contributed by atoms with van der Waals surface area (Å²) in [4.78, 5) is 10.2. The van der Waals surface area contributed by atoms with Crippen LogP contribution in [0.2, 0.25) is 0 Å². The number of carbonyl (C=O) groups excluding carboxylic acids is 1. The first kappa shape index (κ1) is 7.03. The zero-order valence-corrected chi connectivity index (χ0v) is 5.45. The van der Waals surface area contributed by atoms with Gasteiger partial charge in [0.25, 0.3) is 0 Å². The van der Waals surface area contributed by atoms with Gasteiger partial charge in [-0.05, 0) is 0 Å². The standard InChI is InChI=1S/C7H7BO2/c9-5-6-2-1-3-7(4-6)8-10/h1-5,8,10H. The maximum atomic E-state index is 10.2. The van der Waals surface area contributed by atoms with Crippen LogP contribution in [0, 0.1) is 0 Å². The van der Waals surface area contributed by atoms with Crippen molar-refractivity contribution in [3.8, 4) is 0 Å². The Labute approximate surface area is 59.8 Å². The summed E-state index contributed by atoms with van der Waals surface area (Å²) in [6.07, 6.45) is 0.763. The molecule has 0 spiro atoms. The zero-order chi connectivity index (χ0) is 7.40. The minimum absolute atomic E-state index is 0.0122. The number of benzene rings is 1. The van der Waals surface area contributed by atoms with Crippen molar-refractivity contribution in [2.45, 2.75) is 0 Å². The lowest BCUT2D eigenvalue weighted by atomic mass is 9.88. The zero-order valence-electron chi connectivity index (χ0n) is 5.45.